The molecule has 5 rings (SSSR count). The number of carbonyl (C=O) groups excluding carboxylic acids is 1. The smallest absolute Gasteiger partial charge is 0.289 e. The summed E-state index contributed by atoms with van der Waals surface area (Å²) in [6.07, 6.45) is 4.10. The van der Waals surface area contributed by atoms with Gasteiger partial charge < -0.3 is 14.2 Å². The van der Waals surface area contributed by atoms with Crippen LogP contribution in [0.2, 0.25) is 0 Å². The summed E-state index contributed by atoms with van der Waals surface area (Å²) in [5.41, 5.74) is 2.98. The second-order valence-electron chi connectivity index (χ2n) is 7.70. The zero-order valence-electron chi connectivity index (χ0n) is 17.7. The predicted octanol–water partition coefficient (Wildman–Crippen LogP) is 3.24. The molecule has 0 atom stereocenters. The molecule has 1 amide bonds. The molecule has 8 heteroatoms. The van der Waals surface area contributed by atoms with Crippen LogP contribution in [0.4, 0.5) is 5.82 Å². The van der Waals surface area contributed by atoms with Gasteiger partial charge in [-0.2, -0.15) is 5.10 Å². The molecule has 8 nitrogen and oxygen atoms in total. The first-order chi connectivity index (χ1) is 15.1. The fourth-order valence-electron chi connectivity index (χ4n) is 3.89. The first-order valence-corrected chi connectivity index (χ1v) is 10.5. The van der Waals surface area contributed by atoms with E-state index in [1.54, 1.807) is 12.1 Å². The molecule has 0 bridgehead atoms. The van der Waals surface area contributed by atoms with Crippen molar-refractivity contribution in [2.75, 3.05) is 31.1 Å². The summed E-state index contributed by atoms with van der Waals surface area (Å²) in [4.78, 5) is 26.2. The summed E-state index contributed by atoms with van der Waals surface area (Å²) in [5, 5.41) is 5.53. The third-order valence-corrected chi connectivity index (χ3v) is 5.65. The van der Waals surface area contributed by atoms with Crippen molar-refractivity contribution >= 4 is 22.8 Å². The number of benzene rings is 1. The zero-order chi connectivity index (χ0) is 21.4. The number of amides is 1. The molecule has 0 spiro atoms. The van der Waals surface area contributed by atoms with Gasteiger partial charge >= 0.3 is 0 Å². The van der Waals surface area contributed by atoms with Crippen LogP contribution in [-0.2, 0) is 6.42 Å². The lowest BCUT2D eigenvalue weighted by Gasteiger charge is -2.35. The molecule has 31 heavy (non-hydrogen) atoms. The van der Waals surface area contributed by atoms with Crippen LogP contribution in [0.15, 0.2) is 53.3 Å². The molecule has 1 aliphatic heterocycles. The first-order valence-electron chi connectivity index (χ1n) is 10.5. The van der Waals surface area contributed by atoms with Gasteiger partial charge in [0.15, 0.2) is 11.4 Å². The third-order valence-electron chi connectivity index (χ3n) is 5.65. The Labute approximate surface area is 180 Å². The lowest BCUT2D eigenvalue weighted by atomic mass is 10.2. The molecule has 4 aromatic rings. The molecule has 1 fully saturated rings. The number of piperazine rings is 1. The zero-order valence-corrected chi connectivity index (χ0v) is 17.7. The molecule has 1 aliphatic rings. The van der Waals surface area contributed by atoms with Gasteiger partial charge in [0.2, 0.25) is 0 Å². The number of hydrogen-bond acceptors (Lipinski definition) is 6. The van der Waals surface area contributed by atoms with Gasteiger partial charge in [-0.3, -0.25) is 4.79 Å². The van der Waals surface area contributed by atoms with Gasteiger partial charge in [0, 0.05) is 32.6 Å². The molecule has 0 unspecified atom stereocenters. The van der Waals surface area contributed by atoms with Crippen LogP contribution in [-0.4, -0.2) is 56.7 Å². The number of carbonyl (C=O) groups is 1. The Balaban J connectivity index is 1.45. The number of fused-ring (bicyclic) bond motifs is 1. The molecular weight excluding hydrogens is 392 g/mol. The Kier molecular flexibility index (Phi) is 4.89. The highest BCUT2D eigenvalue weighted by Gasteiger charge is 2.26. The normalized spacial score (nSPS) is 14.4. The van der Waals surface area contributed by atoms with E-state index in [1.165, 1.54) is 11.8 Å². The van der Waals surface area contributed by atoms with Crippen molar-refractivity contribution in [2.45, 2.75) is 20.3 Å². The summed E-state index contributed by atoms with van der Waals surface area (Å²) in [6, 6.07) is 11.7. The van der Waals surface area contributed by atoms with Crippen molar-refractivity contribution in [3.63, 3.8) is 0 Å². The number of aromatic nitrogens is 4. The van der Waals surface area contributed by atoms with E-state index in [-0.39, 0.29) is 5.91 Å². The number of anilines is 1. The van der Waals surface area contributed by atoms with Crippen molar-refractivity contribution in [2.24, 2.45) is 0 Å². The maximum absolute atomic E-state index is 12.6. The number of nitrogens with zero attached hydrogens (tertiary/aromatic N) is 6. The van der Waals surface area contributed by atoms with Gasteiger partial charge in [-0.05, 0) is 31.2 Å². The Morgan fingerprint density at radius 2 is 1.84 bits per heavy atom. The van der Waals surface area contributed by atoms with Crippen LogP contribution in [0.3, 0.4) is 0 Å². The molecular formula is C23H24N6O2. The van der Waals surface area contributed by atoms with Crippen molar-refractivity contribution in [1.29, 1.82) is 0 Å². The van der Waals surface area contributed by atoms with Gasteiger partial charge in [0.25, 0.3) is 5.91 Å². The van der Waals surface area contributed by atoms with Crippen LogP contribution in [0.5, 0.6) is 0 Å². The number of hydrogen-bond donors (Lipinski definition) is 0. The van der Waals surface area contributed by atoms with Crippen LogP contribution in [0, 0.1) is 6.92 Å². The largest absolute Gasteiger partial charge is 0.459 e. The van der Waals surface area contributed by atoms with Crippen molar-refractivity contribution in [3.8, 4) is 5.69 Å². The van der Waals surface area contributed by atoms with Crippen LogP contribution in [0.25, 0.3) is 16.7 Å². The van der Waals surface area contributed by atoms with Crippen molar-refractivity contribution in [3.05, 3.63) is 66.0 Å². The predicted molar refractivity (Wildman–Crippen MR) is 118 cm³/mol. The molecule has 0 radical (unpaired) electrons. The van der Waals surface area contributed by atoms with Gasteiger partial charge in [0.05, 0.1) is 23.5 Å². The summed E-state index contributed by atoms with van der Waals surface area (Å²) in [6.45, 7) is 6.72. The molecule has 0 N–H and O–H groups in total. The maximum Gasteiger partial charge on any atom is 0.289 e. The van der Waals surface area contributed by atoms with E-state index >= 15 is 0 Å². The van der Waals surface area contributed by atoms with Gasteiger partial charge in [-0.1, -0.05) is 24.6 Å². The Bertz CT molecular complexity index is 1210. The molecule has 4 heterocycles. The van der Waals surface area contributed by atoms with E-state index in [0.29, 0.717) is 31.9 Å². The minimum absolute atomic E-state index is 0.0704. The molecule has 158 valence electrons. The summed E-state index contributed by atoms with van der Waals surface area (Å²) >= 11 is 0. The third kappa shape index (κ3) is 3.54. The monoisotopic (exact) mass is 416 g/mol. The number of aryl methyl sites for hydroxylation is 2. The molecule has 0 aliphatic carbocycles. The second kappa shape index (κ2) is 7.86. The minimum atomic E-state index is -0.0704. The van der Waals surface area contributed by atoms with E-state index < -0.39 is 0 Å². The van der Waals surface area contributed by atoms with E-state index in [2.05, 4.69) is 36.0 Å². The molecule has 0 saturated carbocycles. The van der Waals surface area contributed by atoms with Crippen molar-refractivity contribution < 1.29 is 9.21 Å². The summed E-state index contributed by atoms with van der Waals surface area (Å²) < 4.78 is 7.13. The second-order valence-corrected chi connectivity index (χ2v) is 7.70. The SMILES string of the molecule is CCc1nc(N2CCN(C(=O)c3ccco3)CC2)c2cnn(-c3ccc(C)cc3)c2n1. The van der Waals surface area contributed by atoms with Crippen molar-refractivity contribution in [1.82, 2.24) is 24.6 Å². The average Bonchev–Trinajstić information content (AvgIpc) is 3.49. The minimum Gasteiger partial charge on any atom is -0.459 e. The standard InChI is InChI=1S/C23H24N6O2/c1-3-20-25-21(27-10-12-28(13-11-27)23(30)19-5-4-14-31-19)18-15-24-29(22(18)26-20)17-8-6-16(2)7-9-17/h4-9,14-15H,3,10-13H2,1-2H3. The topological polar surface area (TPSA) is 80.3 Å². The van der Waals surface area contributed by atoms with Crippen LogP contribution in [0.1, 0.15) is 28.9 Å². The van der Waals surface area contributed by atoms with E-state index in [1.807, 2.05) is 27.9 Å². The van der Waals surface area contributed by atoms with E-state index in [0.717, 1.165) is 34.8 Å². The summed E-state index contributed by atoms with van der Waals surface area (Å²) in [7, 11) is 0. The van der Waals surface area contributed by atoms with Gasteiger partial charge in [-0.15, -0.1) is 0 Å². The molecule has 1 aromatic carbocycles. The number of furan rings is 1. The van der Waals surface area contributed by atoms with Crippen LogP contribution < -0.4 is 4.90 Å². The van der Waals surface area contributed by atoms with E-state index in [9.17, 15) is 4.79 Å². The van der Waals surface area contributed by atoms with Gasteiger partial charge in [-0.25, -0.2) is 14.6 Å². The lowest BCUT2D eigenvalue weighted by Crippen LogP contribution is -2.49. The quantitative estimate of drug-likeness (QED) is 0.508. The fraction of sp³-hybridized carbons (Fsp3) is 0.304. The fourth-order valence-corrected chi connectivity index (χ4v) is 3.89. The first kappa shape index (κ1) is 19.3. The molecule has 3 aromatic heterocycles. The van der Waals surface area contributed by atoms with Gasteiger partial charge in [0.1, 0.15) is 11.6 Å². The maximum atomic E-state index is 12.6. The number of rotatable bonds is 4. The van der Waals surface area contributed by atoms with E-state index in [4.69, 9.17) is 14.4 Å². The highest BCUT2D eigenvalue weighted by atomic mass is 16.3. The summed E-state index contributed by atoms with van der Waals surface area (Å²) in [5.74, 6) is 1.97. The highest BCUT2D eigenvalue weighted by Crippen LogP contribution is 2.27. The lowest BCUT2D eigenvalue weighted by molar-refractivity contribution is 0.0714. The Morgan fingerprint density at radius 3 is 2.52 bits per heavy atom. The van der Waals surface area contributed by atoms with Crippen LogP contribution >= 0.6 is 0 Å². The Morgan fingerprint density at radius 1 is 1.06 bits per heavy atom. The average molecular weight is 416 g/mol. The Hall–Kier alpha value is -3.68. The molecule has 1 saturated heterocycles. The highest BCUT2D eigenvalue weighted by molar-refractivity contribution is 5.92.